The van der Waals surface area contributed by atoms with E-state index in [4.69, 9.17) is 4.74 Å². The molecule has 6 heteroatoms. The van der Waals surface area contributed by atoms with Gasteiger partial charge in [-0.1, -0.05) is 15.9 Å². The quantitative estimate of drug-likeness (QED) is 0.890. The van der Waals surface area contributed by atoms with Crippen molar-refractivity contribution in [1.82, 2.24) is 0 Å². The Balaban J connectivity index is 3.11. The Bertz CT molecular complexity index is 418. The largest absolute Gasteiger partial charge is 0.418 e. The highest BCUT2D eigenvalue weighted by Gasteiger charge is 2.34. The Morgan fingerprint density at radius 3 is 2.39 bits per heavy atom. The summed E-state index contributed by atoms with van der Waals surface area (Å²) in [7, 11) is 1.51. The van der Waals surface area contributed by atoms with E-state index in [1.165, 1.54) is 19.2 Å². The van der Waals surface area contributed by atoms with Crippen LogP contribution < -0.4 is 5.32 Å². The Morgan fingerprint density at radius 2 is 1.89 bits per heavy atom. The molecule has 0 bridgehead atoms. The number of benzene rings is 1. The van der Waals surface area contributed by atoms with Crippen LogP contribution in [-0.2, 0) is 10.9 Å². The van der Waals surface area contributed by atoms with Gasteiger partial charge in [0.25, 0.3) is 0 Å². The van der Waals surface area contributed by atoms with Gasteiger partial charge in [0, 0.05) is 17.3 Å². The summed E-state index contributed by atoms with van der Waals surface area (Å²) in [5.74, 6) is 0. The molecular formula is C12H15BrF3NO. The van der Waals surface area contributed by atoms with Gasteiger partial charge in [-0.2, -0.15) is 13.2 Å². The number of nitrogens with one attached hydrogen (secondary N) is 1. The average Bonchev–Trinajstić information content (AvgIpc) is 2.14. The van der Waals surface area contributed by atoms with Crippen molar-refractivity contribution in [1.29, 1.82) is 0 Å². The molecule has 1 N–H and O–H groups in total. The zero-order valence-electron chi connectivity index (χ0n) is 10.4. The maximum absolute atomic E-state index is 12.9. The lowest BCUT2D eigenvalue weighted by Crippen LogP contribution is -2.36. The summed E-state index contributed by atoms with van der Waals surface area (Å²) < 4.78 is 44.1. The molecule has 1 rings (SSSR count). The predicted molar refractivity (Wildman–Crippen MR) is 68.7 cm³/mol. The van der Waals surface area contributed by atoms with Gasteiger partial charge in [0.1, 0.15) is 0 Å². The predicted octanol–water partition coefficient (Wildman–Crippen LogP) is 4.30. The Hall–Kier alpha value is -0.750. The van der Waals surface area contributed by atoms with Crippen molar-refractivity contribution in [3.05, 3.63) is 28.2 Å². The molecule has 1 aromatic carbocycles. The fourth-order valence-electron chi connectivity index (χ4n) is 1.63. The fourth-order valence-corrected chi connectivity index (χ4v) is 1.99. The summed E-state index contributed by atoms with van der Waals surface area (Å²) in [5.41, 5.74) is -1.23. The molecule has 0 heterocycles. The van der Waals surface area contributed by atoms with Crippen molar-refractivity contribution >= 4 is 21.6 Å². The zero-order chi connectivity index (χ0) is 14.0. The molecule has 0 unspecified atom stereocenters. The summed E-state index contributed by atoms with van der Waals surface area (Å²) in [6.07, 6.45) is -4.38. The SMILES string of the molecule is COCC(C)(C)Nc1cc(Br)ccc1C(F)(F)F. The van der Waals surface area contributed by atoms with Crippen LogP contribution >= 0.6 is 15.9 Å². The maximum atomic E-state index is 12.9. The normalized spacial score (nSPS) is 12.6. The van der Waals surface area contributed by atoms with Crippen LogP contribution in [0.15, 0.2) is 22.7 Å². The van der Waals surface area contributed by atoms with Gasteiger partial charge in [-0.05, 0) is 32.0 Å². The monoisotopic (exact) mass is 325 g/mol. The number of halogens is 4. The molecule has 0 saturated heterocycles. The minimum Gasteiger partial charge on any atom is -0.382 e. The van der Waals surface area contributed by atoms with E-state index in [-0.39, 0.29) is 5.69 Å². The molecule has 0 fully saturated rings. The highest BCUT2D eigenvalue weighted by atomic mass is 79.9. The molecule has 0 aliphatic rings. The van der Waals surface area contributed by atoms with Crippen molar-refractivity contribution in [2.75, 3.05) is 19.0 Å². The van der Waals surface area contributed by atoms with Gasteiger partial charge in [0.05, 0.1) is 17.7 Å². The summed E-state index contributed by atoms with van der Waals surface area (Å²) in [6.45, 7) is 3.85. The number of anilines is 1. The van der Waals surface area contributed by atoms with E-state index in [9.17, 15) is 13.2 Å². The van der Waals surface area contributed by atoms with Crippen LogP contribution in [0.25, 0.3) is 0 Å². The van der Waals surface area contributed by atoms with E-state index in [1.54, 1.807) is 13.8 Å². The molecule has 0 saturated carbocycles. The average molecular weight is 326 g/mol. The molecule has 0 radical (unpaired) electrons. The molecule has 0 atom stereocenters. The number of alkyl halides is 3. The van der Waals surface area contributed by atoms with Gasteiger partial charge >= 0.3 is 6.18 Å². The fraction of sp³-hybridized carbons (Fsp3) is 0.500. The molecule has 1 aromatic rings. The molecule has 0 aromatic heterocycles. The van der Waals surface area contributed by atoms with Gasteiger partial charge in [-0.15, -0.1) is 0 Å². The molecule has 18 heavy (non-hydrogen) atoms. The number of methoxy groups -OCH3 is 1. The highest BCUT2D eigenvalue weighted by molar-refractivity contribution is 9.10. The molecule has 0 aliphatic heterocycles. The van der Waals surface area contributed by atoms with E-state index in [0.29, 0.717) is 11.1 Å². The first-order valence-corrected chi connectivity index (χ1v) is 6.09. The molecule has 0 amide bonds. The van der Waals surface area contributed by atoms with E-state index in [0.717, 1.165) is 6.07 Å². The van der Waals surface area contributed by atoms with E-state index in [2.05, 4.69) is 21.2 Å². The first kappa shape index (κ1) is 15.3. The third-order valence-electron chi connectivity index (χ3n) is 2.27. The third kappa shape index (κ3) is 4.17. The second kappa shape index (κ2) is 5.48. The first-order chi connectivity index (χ1) is 8.15. The number of hydrogen-bond acceptors (Lipinski definition) is 2. The molecule has 0 spiro atoms. The summed E-state index contributed by atoms with van der Waals surface area (Å²) in [5, 5.41) is 2.86. The smallest absolute Gasteiger partial charge is 0.382 e. The summed E-state index contributed by atoms with van der Waals surface area (Å²) in [4.78, 5) is 0. The van der Waals surface area contributed by atoms with Gasteiger partial charge in [-0.3, -0.25) is 0 Å². The third-order valence-corrected chi connectivity index (χ3v) is 2.76. The van der Waals surface area contributed by atoms with Crippen LogP contribution in [-0.4, -0.2) is 19.3 Å². The first-order valence-electron chi connectivity index (χ1n) is 5.29. The van der Waals surface area contributed by atoms with Crippen LogP contribution in [0.2, 0.25) is 0 Å². The van der Waals surface area contributed by atoms with Crippen LogP contribution in [0.1, 0.15) is 19.4 Å². The van der Waals surface area contributed by atoms with Crippen molar-refractivity contribution in [3.63, 3.8) is 0 Å². The van der Waals surface area contributed by atoms with Crippen molar-refractivity contribution in [2.24, 2.45) is 0 Å². The highest BCUT2D eigenvalue weighted by Crippen LogP contribution is 2.37. The van der Waals surface area contributed by atoms with Gasteiger partial charge in [0.2, 0.25) is 0 Å². The Kier molecular flexibility index (Phi) is 4.66. The molecule has 0 aliphatic carbocycles. The van der Waals surface area contributed by atoms with Crippen LogP contribution in [0.5, 0.6) is 0 Å². The number of rotatable bonds is 4. The molecular weight excluding hydrogens is 311 g/mol. The van der Waals surface area contributed by atoms with Crippen molar-refractivity contribution in [2.45, 2.75) is 25.6 Å². The van der Waals surface area contributed by atoms with E-state index < -0.39 is 17.3 Å². The second-order valence-corrected chi connectivity index (χ2v) is 5.55. The molecule has 102 valence electrons. The van der Waals surface area contributed by atoms with E-state index >= 15 is 0 Å². The lowest BCUT2D eigenvalue weighted by molar-refractivity contribution is -0.137. The standard InChI is InChI=1S/C12H15BrF3NO/c1-11(2,7-18-3)17-10-6-8(13)4-5-9(10)12(14,15)16/h4-6,17H,7H2,1-3H3. The second-order valence-electron chi connectivity index (χ2n) is 4.63. The molecule has 2 nitrogen and oxygen atoms in total. The topological polar surface area (TPSA) is 21.3 Å². The van der Waals surface area contributed by atoms with Gasteiger partial charge < -0.3 is 10.1 Å². The van der Waals surface area contributed by atoms with Crippen molar-refractivity contribution < 1.29 is 17.9 Å². The van der Waals surface area contributed by atoms with Gasteiger partial charge in [0.15, 0.2) is 0 Å². The zero-order valence-corrected chi connectivity index (χ0v) is 11.9. The number of ether oxygens (including phenoxy) is 1. The van der Waals surface area contributed by atoms with E-state index in [1.807, 2.05) is 0 Å². The minimum absolute atomic E-state index is 0.0407. The summed E-state index contributed by atoms with van der Waals surface area (Å²) in [6, 6.07) is 3.84. The Labute approximate surface area is 113 Å². The van der Waals surface area contributed by atoms with Crippen molar-refractivity contribution in [3.8, 4) is 0 Å². The lowest BCUT2D eigenvalue weighted by atomic mass is 10.0. The van der Waals surface area contributed by atoms with Gasteiger partial charge in [-0.25, -0.2) is 0 Å². The maximum Gasteiger partial charge on any atom is 0.418 e. The van der Waals surface area contributed by atoms with Crippen LogP contribution in [0, 0.1) is 0 Å². The minimum atomic E-state index is -4.38. The lowest BCUT2D eigenvalue weighted by Gasteiger charge is -2.28. The number of hydrogen-bond donors (Lipinski definition) is 1. The summed E-state index contributed by atoms with van der Waals surface area (Å²) >= 11 is 3.17. The van der Waals surface area contributed by atoms with Crippen LogP contribution in [0.4, 0.5) is 18.9 Å². The Morgan fingerprint density at radius 1 is 1.28 bits per heavy atom. The van der Waals surface area contributed by atoms with Crippen LogP contribution in [0.3, 0.4) is 0 Å².